The summed E-state index contributed by atoms with van der Waals surface area (Å²) in [6.07, 6.45) is 5.48. The third-order valence-corrected chi connectivity index (χ3v) is 3.56. The highest BCUT2D eigenvalue weighted by molar-refractivity contribution is 6.00. The number of amides is 2. The molecule has 0 fully saturated rings. The van der Waals surface area contributed by atoms with Crippen LogP contribution in [0, 0.1) is 0 Å². The first-order chi connectivity index (χ1) is 13.0. The maximum absolute atomic E-state index is 12.2. The average molecular weight is 363 g/mol. The van der Waals surface area contributed by atoms with E-state index in [1.165, 1.54) is 0 Å². The normalized spacial score (nSPS) is 11.6. The summed E-state index contributed by atoms with van der Waals surface area (Å²) in [7, 11) is 0. The van der Waals surface area contributed by atoms with Crippen molar-refractivity contribution >= 4 is 23.0 Å². The molecule has 0 spiro atoms. The molecule has 5 nitrogen and oxygen atoms in total. The molecule has 0 atom stereocenters. The molecule has 0 heterocycles. The third kappa shape index (κ3) is 6.40. The molecule has 4 N–H and O–H groups in total. The molecule has 0 aliphatic heterocycles. The molecule has 0 saturated carbocycles. The summed E-state index contributed by atoms with van der Waals surface area (Å²) >= 11 is 0. The lowest BCUT2D eigenvalue weighted by molar-refractivity contribution is 0.262. The summed E-state index contributed by atoms with van der Waals surface area (Å²) in [5.41, 5.74) is 9.76. The Morgan fingerprint density at radius 3 is 2.48 bits per heavy atom. The van der Waals surface area contributed by atoms with Crippen LogP contribution in [0.5, 0.6) is 5.75 Å². The topological polar surface area (TPSA) is 76.4 Å². The molecule has 0 bridgehead atoms. The van der Waals surface area contributed by atoms with Gasteiger partial charge < -0.3 is 21.1 Å². The highest BCUT2D eigenvalue weighted by Gasteiger charge is 2.05. The Hall–Kier alpha value is -3.47. The third-order valence-electron chi connectivity index (χ3n) is 3.56. The van der Waals surface area contributed by atoms with Gasteiger partial charge in [-0.2, -0.15) is 0 Å². The molecule has 2 rings (SSSR count). The molecule has 0 unspecified atom stereocenters. The summed E-state index contributed by atoms with van der Waals surface area (Å²) in [6.45, 7) is 8.04. The lowest BCUT2D eigenvalue weighted by Crippen LogP contribution is -2.19. The van der Waals surface area contributed by atoms with Gasteiger partial charge in [-0.15, -0.1) is 0 Å². The van der Waals surface area contributed by atoms with Crippen LogP contribution in [0.4, 0.5) is 16.2 Å². The van der Waals surface area contributed by atoms with Crippen LogP contribution in [-0.4, -0.2) is 12.6 Å². The van der Waals surface area contributed by atoms with E-state index in [-0.39, 0.29) is 6.03 Å². The zero-order valence-corrected chi connectivity index (χ0v) is 15.7. The second-order valence-electron chi connectivity index (χ2n) is 5.86. The van der Waals surface area contributed by atoms with Crippen molar-refractivity contribution in [1.82, 2.24) is 0 Å². The van der Waals surface area contributed by atoms with E-state index in [2.05, 4.69) is 17.2 Å². The van der Waals surface area contributed by atoms with Crippen molar-refractivity contribution in [2.75, 3.05) is 17.2 Å². The van der Waals surface area contributed by atoms with E-state index in [0.717, 1.165) is 11.1 Å². The Labute approximate surface area is 160 Å². The lowest BCUT2D eigenvalue weighted by atomic mass is 10.0. The van der Waals surface area contributed by atoms with Gasteiger partial charge in [-0.05, 0) is 55.3 Å². The van der Waals surface area contributed by atoms with E-state index < -0.39 is 0 Å². The fraction of sp³-hybridized carbons (Fsp3) is 0.136. The molecular weight excluding hydrogens is 338 g/mol. The minimum absolute atomic E-state index is 0.323. The SMILES string of the molecule is C=C/C=C(\C=C(\C)N)c1ccc(NC(=O)Nc2cccc(OCC)c2)cc1. The van der Waals surface area contributed by atoms with Gasteiger partial charge in [-0.3, -0.25) is 0 Å². The summed E-state index contributed by atoms with van der Waals surface area (Å²) in [4.78, 5) is 12.2. The Kier molecular flexibility index (Phi) is 7.26. The summed E-state index contributed by atoms with van der Waals surface area (Å²) in [5.74, 6) is 0.712. The Morgan fingerprint density at radius 1 is 1.15 bits per heavy atom. The number of benzene rings is 2. The smallest absolute Gasteiger partial charge is 0.323 e. The molecule has 5 heteroatoms. The lowest BCUT2D eigenvalue weighted by Gasteiger charge is -2.10. The maximum atomic E-state index is 12.2. The number of hydrogen-bond acceptors (Lipinski definition) is 3. The van der Waals surface area contributed by atoms with E-state index in [0.29, 0.717) is 29.4 Å². The predicted molar refractivity (Wildman–Crippen MR) is 113 cm³/mol. The van der Waals surface area contributed by atoms with E-state index in [1.807, 2.05) is 62.4 Å². The van der Waals surface area contributed by atoms with Crippen molar-refractivity contribution < 1.29 is 9.53 Å². The largest absolute Gasteiger partial charge is 0.494 e. The number of rotatable bonds is 7. The number of hydrogen-bond donors (Lipinski definition) is 3. The minimum atomic E-state index is -0.323. The minimum Gasteiger partial charge on any atom is -0.494 e. The fourth-order valence-electron chi connectivity index (χ4n) is 2.47. The first kappa shape index (κ1) is 19.8. The summed E-state index contributed by atoms with van der Waals surface area (Å²) in [6, 6.07) is 14.4. The number of ether oxygens (including phenoxy) is 1. The summed E-state index contributed by atoms with van der Waals surface area (Å²) in [5, 5.41) is 5.60. The van der Waals surface area contributed by atoms with Crippen molar-refractivity contribution in [1.29, 1.82) is 0 Å². The average Bonchev–Trinajstić information content (AvgIpc) is 2.62. The van der Waals surface area contributed by atoms with E-state index in [1.54, 1.807) is 18.2 Å². The number of allylic oxidation sites excluding steroid dienone is 5. The molecule has 2 aromatic carbocycles. The number of carbonyl (C=O) groups excluding carboxylic acids is 1. The molecule has 0 aliphatic rings. The zero-order chi connectivity index (χ0) is 19.6. The second kappa shape index (κ2) is 9.87. The van der Waals surface area contributed by atoms with Crippen LogP contribution in [0.15, 0.2) is 79.0 Å². The molecule has 0 saturated heterocycles. The molecule has 2 aromatic rings. The molecule has 0 radical (unpaired) electrons. The molecule has 2 amide bonds. The van der Waals surface area contributed by atoms with Crippen LogP contribution >= 0.6 is 0 Å². The maximum Gasteiger partial charge on any atom is 0.323 e. The van der Waals surface area contributed by atoms with Gasteiger partial charge in [0.1, 0.15) is 5.75 Å². The van der Waals surface area contributed by atoms with E-state index >= 15 is 0 Å². The van der Waals surface area contributed by atoms with Gasteiger partial charge in [0.05, 0.1) is 6.61 Å². The molecular formula is C22H25N3O2. The first-order valence-corrected chi connectivity index (χ1v) is 8.69. The van der Waals surface area contributed by atoms with Crippen molar-refractivity contribution in [2.24, 2.45) is 5.73 Å². The number of nitrogens with one attached hydrogen (secondary N) is 2. The molecule has 0 aromatic heterocycles. The van der Waals surface area contributed by atoms with Crippen LogP contribution in [0.3, 0.4) is 0 Å². The zero-order valence-electron chi connectivity index (χ0n) is 15.7. The predicted octanol–water partition coefficient (Wildman–Crippen LogP) is 5.16. The van der Waals surface area contributed by atoms with Crippen molar-refractivity contribution in [3.05, 3.63) is 84.6 Å². The Bertz CT molecular complexity index is 848. The number of urea groups is 1. The van der Waals surface area contributed by atoms with Crippen LogP contribution in [0.1, 0.15) is 19.4 Å². The van der Waals surface area contributed by atoms with Crippen LogP contribution in [0.25, 0.3) is 5.57 Å². The van der Waals surface area contributed by atoms with Crippen molar-refractivity contribution in [3.63, 3.8) is 0 Å². The summed E-state index contributed by atoms with van der Waals surface area (Å²) < 4.78 is 5.43. The fourth-order valence-corrected chi connectivity index (χ4v) is 2.47. The van der Waals surface area contributed by atoms with Gasteiger partial charge in [0.15, 0.2) is 0 Å². The number of carbonyl (C=O) groups is 1. The van der Waals surface area contributed by atoms with Gasteiger partial charge in [-0.1, -0.05) is 36.9 Å². The van der Waals surface area contributed by atoms with Gasteiger partial charge in [0.25, 0.3) is 0 Å². The molecule has 27 heavy (non-hydrogen) atoms. The van der Waals surface area contributed by atoms with Gasteiger partial charge in [0, 0.05) is 23.1 Å². The monoisotopic (exact) mass is 363 g/mol. The van der Waals surface area contributed by atoms with E-state index in [9.17, 15) is 4.79 Å². The van der Waals surface area contributed by atoms with Gasteiger partial charge in [0.2, 0.25) is 0 Å². The molecule has 140 valence electrons. The highest BCUT2D eigenvalue weighted by atomic mass is 16.5. The quantitative estimate of drug-likeness (QED) is 0.595. The van der Waals surface area contributed by atoms with Crippen molar-refractivity contribution in [3.8, 4) is 5.75 Å². The van der Waals surface area contributed by atoms with Crippen LogP contribution < -0.4 is 21.1 Å². The van der Waals surface area contributed by atoms with E-state index in [4.69, 9.17) is 10.5 Å². The van der Waals surface area contributed by atoms with Crippen molar-refractivity contribution in [2.45, 2.75) is 13.8 Å². The number of nitrogens with two attached hydrogens (primary N) is 1. The highest BCUT2D eigenvalue weighted by Crippen LogP contribution is 2.21. The van der Waals surface area contributed by atoms with Crippen LogP contribution in [0.2, 0.25) is 0 Å². The number of anilines is 2. The van der Waals surface area contributed by atoms with Crippen LogP contribution in [-0.2, 0) is 0 Å². The first-order valence-electron chi connectivity index (χ1n) is 8.69. The Balaban J connectivity index is 2.04. The Morgan fingerprint density at radius 2 is 1.85 bits per heavy atom. The van der Waals surface area contributed by atoms with Gasteiger partial charge >= 0.3 is 6.03 Å². The standard InChI is InChI=1S/C22H25N3O2/c1-4-7-18(14-16(3)23)17-10-12-19(13-11-17)24-22(26)25-20-8-6-9-21(15-20)27-5-2/h4,6-15H,1,5,23H2,2-3H3,(H2,24,25,26)/b16-14-,18-7+. The van der Waals surface area contributed by atoms with Gasteiger partial charge in [-0.25, -0.2) is 4.79 Å². The molecule has 0 aliphatic carbocycles. The second-order valence-corrected chi connectivity index (χ2v) is 5.86.